The Hall–Kier alpha value is -3.29. The van der Waals surface area contributed by atoms with Crippen LogP contribution in [0.25, 0.3) is 0 Å². The number of piperidine rings is 1. The fourth-order valence-corrected chi connectivity index (χ4v) is 3.55. The van der Waals surface area contributed by atoms with Crippen molar-refractivity contribution in [1.82, 2.24) is 10.2 Å². The van der Waals surface area contributed by atoms with E-state index in [1.165, 1.54) is 6.26 Å². The van der Waals surface area contributed by atoms with Crippen LogP contribution in [-0.4, -0.2) is 48.0 Å². The molecule has 3 amide bonds. The molecule has 0 spiro atoms. The van der Waals surface area contributed by atoms with Gasteiger partial charge in [-0.3, -0.25) is 9.59 Å². The van der Waals surface area contributed by atoms with Crippen LogP contribution in [-0.2, 0) is 4.74 Å². The van der Waals surface area contributed by atoms with E-state index in [2.05, 4.69) is 10.6 Å². The van der Waals surface area contributed by atoms with Crippen molar-refractivity contribution in [3.63, 3.8) is 0 Å². The lowest BCUT2D eigenvalue weighted by Gasteiger charge is -2.32. The van der Waals surface area contributed by atoms with Gasteiger partial charge in [-0.1, -0.05) is 6.07 Å². The maximum Gasteiger partial charge on any atom is 0.407 e. The van der Waals surface area contributed by atoms with Crippen molar-refractivity contribution in [2.75, 3.05) is 25.0 Å². The van der Waals surface area contributed by atoms with E-state index in [9.17, 15) is 14.4 Å². The molecule has 8 nitrogen and oxygen atoms in total. The molecule has 0 bridgehead atoms. The SMILES string of the molecule is Cc1ccc(C(=O)N2CCC(CNC(=O)OC(C)(C)C)CC2)cc1NC(=O)c1ccco1. The molecule has 0 saturated carbocycles. The number of carbonyl (C=O) groups is 3. The van der Waals surface area contributed by atoms with Gasteiger partial charge >= 0.3 is 6.09 Å². The molecule has 172 valence electrons. The summed E-state index contributed by atoms with van der Waals surface area (Å²) in [6.45, 7) is 9.11. The number of hydrogen-bond donors (Lipinski definition) is 2. The van der Waals surface area contributed by atoms with Gasteiger partial charge in [-0.15, -0.1) is 0 Å². The van der Waals surface area contributed by atoms with Crippen LogP contribution in [0.4, 0.5) is 10.5 Å². The number of alkyl carbamates (subject to hydrolysis) is 1. The highest BCUT2D eigenvalue weighted by atomic mass is 16.6. The van der Waals surface area contributed by atoms with E-state index in [0.29, 0.717) is 36.8 Å². The van der Waals surface area contributed by atoms with Crippen LogP contribution in [0.1, 0.15) is 60.1 Å². The zero-order valence-corrected chi connectivity index (χ0v) is 19.1. The Bertz CT molecular complexity index is 955. The number of nitrogens with zero attached hydrogens (tertiary/aromatic N) is 1. The third-order valence-corrected chi connectivity index (χ3v) is 5.31. The zero-order chi connectivity index (χ0) is 23.3. The molecule has 1 aromatic carbocycles. The summed E-state index contributed by atoms with van der Waals surface area (Å²) < 4.78 is 10.4. The van der Waals surface area contributed by atoms with Crippen LogP contribution in [0, 0.1) is 12.8 Å². The molecule has 3 rings (SSSR count). The third-order valence-electron chi connectivity index (χ3n) is 5.31. The number of aryl methyl sites for hydroxylation is 1. The van der Waals surface area contributed by atoms with Crippen molar-refractivity contribution in [3.05, 3.63) is 53.5 Å². The first-order valence-corrected chi connectivity index (χ1v) is 10.8. The molecular weight excluding hydrogens is 410 g/mol. The van der Waals surface area contributed by atoms with E-state index in [4.69, 9.17) is 9.15 Å². The summed E-state index contributed by atoms with van der Waals surface area (Å²) in [4.78, 5) is 39.0. The minimum Gasteiger partial charge on any atom is -0.459 e. The number of amides is 3. The maximum absolute atomic E-state index is 13.0. The van der Waals surface area contributed by atoms with Crippen LogP contribution in [0.3, 0.4) is 0 Å². The summed E-state index contributed by atoms with van der Waals surface area (Å²) in [6.07, 6.45) is 2.62. The monoisotopic (exact) mass is 441 g/mol. The molecule has 0 aliphatic carbocycles. The Kier molecular flexibility index (Phi) is 7.22. The minimum atomic E-state index is -0.524. The lowest BCUT2D eigenvalue weighted by Crippen LogP contribution is -2.42. The van der Waals surface area contributed by atoms with Crippen molar-refractivity contribution in [2.24, 2.45) is 5.92 Å². The highest BCUT2D eigenvalue weighted by Gasteiger charge is 2.25. The highest BCUT2D eigenvalue weighted by molar-refractivity contribution is 6.04. The van der Waals surface area contributed by atoms with Gasteiger partial charge in [0.25, 0.3) is 11.8 Å². The highest BCUT2D eigenvalue weighted by Crippen LogP contribution is 2.22. The summed E-state index contributed by atoms with van der Waals surface area (Å²) in [5, 5.41) is 5.62. The summed E-state index contributed by atoms with van der Waals surface area (Å²) in [5.74, 6) is 0.0778. The van der Waals surface area contributed by atoms with Crippen molar-refractivity contribution >= 4 is 23.6 Å². The molecule has 1 aromatic heterocycles. The summed E-state index contributed by atoms with van der Waals surface area (Å²) in [6, 6.07) is 8.53. The molecule has 1 aliphatic heterocycles. The normalized spacial score (nSPS) is 14.7. The van der Waals surface area contributed by atoms with Gasteiger partial charge in [-0.05, 0) is 76.3 Å². The molecule has 2 heterocycles. The zero-order valence-electron chi connectivity index (χ0n) is 19.1. The standard InChI is InChI=1S/C24H31N3O5/c1-16-7-8-18(14-19(16)26-21(28)20-6-5-13-31-20)22(29)27-11-9-17(10-12-27)15-25-23(30)32-24(2,3)4/h5-8,13-14,17H,9-12,15H2,1-4H3,(H,25,30)(H,26,28). The van der Waals surface area contributed by atoms with Gasteiger partial charge < -0.3 is 24.7 Å². The van der Waals surface area contributed by atoms with Crippen molar-refractivity contribution < 1.29 is 23.5 Å². The summed E-state index contributed by atoms with van der Waals surface area (Å²) in [7, 11) is 0. The Labute approximate surface area is 188 Å². The fourth-order valence-electron chi connectivity index (χ4n) is 3.55. The van der Waals surface area contributed by atoms with Crippen LogP contribution in [0.5, 0.6) is 0 Å². The van der Waals surface area contributed by atoms with E-state index in [1.807, 2.05) is 38.7 Å². The van der Waals surface area contributed by atoms with E-state index in [1.54, 1.807) is 24.3 Å². The maximum atomic E-state index is 13.0. The number of hydrogen-bond acceptors (Lipinski definition) is 5. The lowest BCUT2D eigenvalue weighted by molar-refractivity contribution is 0.0500. The Morgan fingerprint density at radius 3 is 2.50 bits per heavy atom. The lowest BCUT2D eigenvalue weighted by atomic mass is 9.96. The number of anilines is 1. The molecule has 1 saturated heterocycles. The van der Waals surface area contributed by atoms with Gasteiger partial charge in [-0.25, -0.2) is 4.79 Å². The van der Waals surface area contributed by atoms with Crippen LogP contribution < -0.4 is 10.6 Å². The van der Waals surface area contributed by atoms with Gasteiger partial charge in [0.15, 0.2) is 5.76 Å². The quantitative estimate of drug-likeness (QED) is 0.724. The summed E-state index contributed by atoms with van der Waals surface area (Å²) >= 11 is 0. The van der Waals surface area contributed by atoms with Crippen molar-refractivity contribution in [2.45, 2.75) is 46.1 Å². The number of furan rings is 1. The third kappa shape index (κ3) is 6.35. The number of carbonyl (C=O) groups excluding carboxylic acids is 3. The first-order valence-electron chi connectivity index (χ1n) is 10.8. The number of rotatable bonds is 5. The average Bonchev–Trinajstić information content (AvgIpc) is 3.27. The molecule has 2 N–H and O–H groups in total. The number of benzene rings is 1. The molecule has 8 heteroatoms. The number of likely N-dealkylation sites (tertiary alicyclic amines) is 1. The molecular formula is C24H31N3O5. The Balaban J connectivity index is 1.53. The second-order valence-corrected chi connectivity index (χ2v) is 9.08. The second kappa shape index (κ2) is 9.89. The Morgan fingerprint density at radius 1 is 1.16 bits per heavy atom. The van der Waals surface area contributed by atoms with Crippen molar-refractivity contribution in [3.8, 4) is 0 Å². The fraction of sp³-hybridized carbons (Fsp3) is 0.458. The minimum absolute atomic E-state index is 0.0722. The predicted octanol–water partition coefficient (Wildman–Crippen LogP) is 4.22. The largest absolute Gasteiger partial charge is 0.459 e. The van der Waals surface area contributed by atoms with E-state index < -0.39 is 11.7 Å². The van der Waals surface area contributed by atoms with E-state index >= 15 is 0 Å². The molecule has 32 heavy (non-hydrogen) atoms. The smallest absolute Gasteiger partial charge is 0.407 e. The predicted molar refractivity (Wildman–Crippen MR) is 121 cm³/mol. The first kappa shape index (κ1) is 23.4. The van der Waals surface area contributed by atoms with Gasteiger partial charge in [-0.2, -0.15) is 0 Å². The number of nitrogens with one attached hydrogen (secondary N) is 2. The second-order valence-electron chi connectivity index (χ2n) is 9.08. The molecule has 2 aromatic rings. The van der Waals surface area contributed by atoms with Crippen molar-refractivity contribution in [1.29, 1.82) is 0 Å². The Morgan fingerprint density at radius 2 is 1.88 bits per heavy atom. The molecule has 0 atom stereocenters. The topological polar surface area (TPSA) is 101 Å². The van der Waals surface area contributed by atoms with Crippen LogP contribution >= 0.6 is 0 Å². The van der Waals surface area contributed by atoms with Gasteiger partial charge in [0.1, 0.15) is 5.60 Å². The first-order chi connectivity index (χ1) is 15.1. The number of ether oxygens (including phenoxy) is 1. The van der Waals surface area contributed by atoms with E-state index in [0.717, 1.165) is 18.4 Å². The molecule has 0 unspecified atom stereocenters. The van der Waals surface area contributed by atoms with E-state index in [-0.39, 0.29) is 17.6 Å². The van der Waals surface area contributed by atoms with Crippen LogP contribution in [0.2, 0.25) is 0 Å². The van der Waals surface area contributed by atoms with Gasteiger partial charge in [0.05, 0.1) is 6.26 Å². The van der Waals surface area contributed by atoms with Crippen LogP contribution in [0.15, 0.2) is 41.0 Å². The van der Waals surface area contributed by atoms with Gasteiger partial charge in [0.2, 0.25) is 0 Å². The molecule has 0 radical (unpaired) electrons. The molecule has 1 fully saturated rings. The average molecular weight is 442 g/mol. The molecule has 1 aliphatic rings. The van der Waals surface area contributed by atoms with Gasteiger partial charge in [0, 0.05) is 30.9 Å². The summed E-state index contributed by atoms with van der Waals surface area (Å²) in [5.41, 5.74) is 1.43.